The van der Waals surface area contributed by atoms with Gasteiger partial charge in [-0.15, -0.1) is 12.6 Å². The Morgan fingerprint density at radius 2 is 1.62 bits per heavy atom. The van der Waals surface area contributed by atoms with E-state index in [1.54, 1.807) is 24.3 Å². The molecule has 1 N–H and O–H groups in total. The zero-order valence-electron chi connectivity index (χ0n) is 13.2. The maximum Gasteiger partial charge on any atom is 0.171 e. The normalized spacial score (nSPS) is 10.0. The Labute approximate surface area is 156 Å². The average Bonchev–Trinajstić information content (AvgIpc) is 3.08. The fraction of sp³-hybridized carbons (Fsp3) is 0.111. The third kappa shape index (κ3) is 4.20. The second kappa shape index (κ2) is 8.38. The van der Waals surface area contributed by atoms with Crippen LogP contribution in [0.3, 0.4) is 0 Å². The van der Waals surface area contributed by atoms with Gasteiger partial charge in [0.25, 0.3) is 0 Å². The van der Waals surface area contributed by atoms with E-state index in [0.29, 0.717) is 21.5 Å². The Kier molecular flexibility index (Phi) is 6.49. The Morgan fingerprint density at radius 3 is 2.25 bits per heavy atom. The van der Waals surface area contributed by atoms with Crippen molar-refractivity contribution in [1.29, 1.82) is 0 Å². The van der Waals surface area contributed by atoms with Gasteiger partial charge in [-0.1, -0.05) is 37.0 Å². The molecule has 1 heterocycles. The van der Waals surface area contributed by atoms with Gasteiger partial charge in [-0.3, -0.25) is 0 Å². The first-order chi connectivity index (χ1) is 11.5. The molecule has 126 valence electrons. The van der Waals surface area contributed by atoms with Crippen molar-refractivity contribution in [3.8, 4) is 22.9 Å². The van der Waals surface area contributed by atoms with Crippen LogP contribution in [0.2, 0.25) is 10.0 Å². The third-order valence-electron chi connectivity index (χ3n) is 3.05. The van der Waals surface area contributed by atoms with Crippen molar-refractivity contribution in [2.45, 2.75) is 18.7 Å². The van der Waals surface area contributed by atoms with E-state index in [2.05, 4.69) is 12.6 Å². The van der Waals surface area contributed by atoms with Gasteiger partial charge >= 0.3 is 0 Å². The molecule has 3 aromatic rings. The number of rotatable bonds is 3. The maximum absolute atomic E-state index is 10.0. The van der Waals surface area contributed by atoms with E-state index in [-0.39, 0.29) is 11.5 Å². The first kappa shape index (κ1) is 18.6. The van der Waals surface area contributed by atoms with Crippen molar-refractivity contribution in [3.05, 3.63) is 64.9 Å². The van der Waals surface area contributed by atoms with Crippen molar-refractivity contribution in [3.63, 3.8) is 0 Å². The Balaban J connectivity index is 0.00000100. The molecular formula is C18H17Cl2NO2S. The number of ether oxygens (including phenoxy) is 1. The summed E-state index contributed by atoms with van der Waals surface area (Å²) in [5.41, 5.74) is 0.696. The number of benzene rings is 2. The lowest BCUT2D eigenvalue weighted by Gasteiger charge is -2.13. The van der Waals surface area contributed by atoms with E-state index in [0.717, 1.165) is 4.90 Å². The monoisotopic (exact) mass is 381 g/mol. The third-order valence-corrected chi connectivity index (χ3v) is 3.92. The zero-order chi connectivity index (χ0) is 17.7. The molecule has 0 bridgehead atoms. The van der Waals surface area contributed by atoms with E-state index in [4.69, 9.17) is 27.9 Å². The SMILES string of the molecule is CC.Oc1cc(Cl)c(-n2cccc2)cc1Oc1ccc(S)cc1Cl. The van der Waals surface area contributed by atoms with Crippen molar-refractivity contribution in [2.75, 3.05) is 0 Å². The number of halogens is 2. The maximum atomic E-state index is 10.0. The standard InChI is InChI=1S/C16H11Cl2NO2S.C2H6/c17-11-8-14(20)16(9-13(11)19-5-1-2-6-19)21-15-4-3-10(22)7-12(15)18;1-2/h1-9,20,22H;1-2H3. The number of aromatic hydroxyl groups is 1. The van der Waals surface area contributed by atoms with Crippen molar-refractivity contribution in [2.24, 2.45) is 0 Å². The number of thiol groups is 1. The minimum absolute atomic E-state index is 0.0630. The van der Waals surface area contributed by atoms with E-state index in [1.165, 1.54) is 6.07 Å². The zero-order valence-corrected chi connectivity index (χ0v) is 15.6. The van der Waals surface area contributed by atoms with Gasteiger partial charge in [0.1, 0.15) is 5.75 Å². The molecule has 0 aliphatic carbocycles. The predicted octanol–water partition coefficient (Wildman–Crippen LogP) is 6.60. The quantitative estimate of drug-likeness (QED) is 0.501. The number of aromatic nitrogens is 1. The lowest BCUT2D eigenvalue weighted by atomic mass is 10.2. The molecule has 0 aliphatic heterocycles. The Morgan fingerprint density at radius 1 is 0.958 bits per heavy atom. The summed E-state index contributed by atoms with van der Waals surface area (Å²) in [6.07, 6.45) is 3.70. The summed E-state index contributed by atoms with van der Waals surface area (Å²) in [6.45, 7) is 4.00. The second-order valence-corrected chi connectivity index (χ2v) is 5.91. The van der Waals surface area contributed by atoms with Gasteiger partial charge < -0.3 is 14.4 Å². The number of phenolic OH excluding ortho intramolecular Hbond substituents is 1. The highest BCUT2D eigenvalue weighted by Crippen LogP contribution is 2.39. The molecule has 0 fully saturated rings. The summed E-state index contributed by atoms with van der Waals surface area (Å²) < 4.78 is 7.53. The molecule has 0 atom stereocenters. The molecule has 6 heteroatoms. The van der Waals surface area contributed by atoms with E-state index in [1.807, 2.05) is 42.9 Å². The first-order valence-corrected chi connectivity index (χ1v) is 8.57. The van der Waals surface area contributed by atoms with Crippen LogP contribution in [0.1, 0.15) is 13.8 Å². The summed E-state index contributed by atoms with van der Waals surface area (Å²) >= 11 is 16.5. The Hall–Kier alpha value is -1.75. The van der Waals surface area contributed by atoms with Crippen LogP contribution in [0.15, 0.2) is 59.8 Å². The molecule has 0 radical (unpaired) electrons. The molecule has 0 saturated carbocycles. The second-order valence-electron chi connectivity index (χ2n) is 4.58. The van der Waals surface area contributed by atoms with Crippen LogP contribution in [-0.2, 0) is 0 Å². The molecular weight excluding hydrogens is 365 g/mol. The lowest BCUT2D eigenvalue weighted by Crippen LogP contribution is -1.93. The molecule has 1 aromatic heterocycles. The van der Waals surface area contributed by atoms with Crippen molar-refractivity contribution in [1.82, 2.24) is 4.57 Å². The highest BCUT2D eigenvalue weighted by Gasteiger charge is 2.12. The smallest absolute Gasteiger partial charge is 0.171 e. The van der Waals surface area contributed by atoms with Crippen LogP contribution >= 0.6 is 35.8 Å². The van der Waals surface area contributed by atoms with E-state index >= 15 is 0 Å². The van der Waals surface area contributed by atoms with E-state index < -0.39 is 0 Å². The van der Waals surface area contributed by atoms with Crippen LogP contribution in [0.25, 0.3) is 5.69 Å². The molecule has 3 nitrogen and oxygen atoms in total. The Bertz CT molecular complexity index is 820. The molecule has 0 aliphatic rings. The summed E-state index contributed by atoms with van der Waals surface area (Å²) in [6, 6.07) is 12.0. The topological polar surface area (TPSA) is 34.4 Å². The van der Waals surface area contributed by atoms with Gasteiger partial charge in [0.2, 0.25) is 0 Å². The minimum atomic E-state index is -0.0630. The number of phenols is 1. The number of nitrogens with zero attached hydrogens (tertiary/aromatic N) is 1. The van der Waals surface area contributed by atoms with Gasteiger partial charge in [0.05, 0.1) is 15.7 Å². The molecule has 2 aromatic carbocycles. The predicted molar refractivity (Wildman–Crippen MR) is 103 cm³/mol. The lowest BCUT2D eigenvalue weighted by molar-refractivity contribution is 0.411. The summed E-state index contributed by atoms with van der Waals surface area (Å²) in [7, 11) is 0. The minimum Gasteiger partial charge on any atom is -0.504 e. The molecule has 0 saturated heterocycles. The van der Waals surface area contributed by atoms with Gasteiger partial charge in [-0.05, 0) is 30.3 Å². The number of hydrogen-bond donors (Lipinski definition) is 2. The van der Waals surface area contributed by atoms with Crippen LogP contribution in [0.5, 0.6) is 17.2 Å². The van der Waals surface area contributed by atoms with E-state index in [9.17, 15) is 5.11 Å². The fourth-order valence-electron chi connectivity index (χ4n) is 2.00. The van der Waals surface area contributed by atoms with Gasteiger partial charge in [-0.2, -0.15) is 0 Å². The average molecular weight is 382 g/mol. The first-order valence-electron chi connectivity index (χ1n) is 7.37. The van der Waals surface area contributed by atoms with Crippen molar-refractivity contribution >= 4 is 35.8 Å². The largest absolute Gasteiger partial charge is 0.504 e. The van der Waals surface area contributed by atoms with Crippen molar-refractivity contribution < 1.29 is 9.84 Å². The number of hydrogen-bond acceptors (Lipinski definition) is 3. The molecule has 3 rings (SSSR count). The highest BCUT2D eigenvalue weighted by molar-refractivity contribution is 7.80. The fourth-order valence-corrected chi connectivity index (χ4v) is 2.75. The molecule has 0 unspecified atom stereocenters. The summed E-state index contributed by atoms with van der Waals surface area (Å²) in [4.78, 5) is 0.728. The van der Waals surface area contributed by atoms with Gasteiger partial charge in [0.15, 0.2) is 11.5 Å². The summed E-state index contributed by atoms with van der Waals surface area (Å²) in [5.74, 6) is 0.629. The van der Waals surface area contributed by atoms with Gasteiger partial charge in [0, 0.05) is 29.4 Å². The van der Waals surface area contributed by atoms with Crippen LogP contribution in [0.4, 0.5) is 0 Å². The van der Waals surface area contributed by atoms with Crippen LogP contribution < -0.4 is 4.74 Å². The van der Waals surface area contributed by atoms with Crippen LogP contribution in [-0.4, -0.2) is 9.67 Å². The van der Waals surface area contributed by atoms with Crippen LogP contribution in [0, 0.1) is 0 Å². The molecule has 24 heavy (non-hydrogen) atoms. The molecule has 0 spiro atoms. The highest BCUT2D eigenvalue weighted by atomic mass is 35.5. The summed E-state index contributed by atoms with van der Waals surface area (Å²) in [5, 5.41) is 10.9. The molecule has 0 amide bonds. The van der Waals surface area contributed by atoms with Gasteiger partial charge in [-0.25, -0.2) is 0 Å².